The van der Waals surface area contributed by atoms with Crippen LogP contribution in [0.1, 0.15) is 27.4 Å². The van der Waals surface area contributed by atoms with Crippen molar-refractivity contribution >= 4 is 34.0 Å². The van der Waals surface area contributed by atoms with Crippen molar-refractivity contribution in [3.63, 3.8) is 0 Å². The molecule has 0 aromatic heterocycles. The fourth-order valence-electron chi connectivity index (χ4n) is 6.08. The Morgan fingerprint density at radius 1 is 0.625 bits per heavy atom. The molecule has 5 heteroatoms. The van der Waals surface area contributed by atoms with Crippen molar-refractivity contribution in [2.75, 3.05) is 36.4 Å². The summed E-state index contributed by atoms with van der Waals surface area (Å²) < 4.78 is 0. The van der Waals surface area contributed by atoms with E-state index in [2.05, 4.69) is 34.5 Å². The summed E-state index contributed by atoms with van der Waals surface area (Å²) in [5, 5.41) is 5.17. The van der Waals surface area contributed by atoms with Crippen LogP contribution in [-0.2, 0) is 4.79 Å². The lowest BCUT2D eigenvalue weighted by atomic mass is 9.95. The van der Waals surface area contributed by atoms with Gasteiger partial charge in [0.05, 0.1) is 5.92 Å². The van der Waals surface area contributed by atoms with Crippen molar-refractivity contribution in [2.24, 2.45) is 0 Å². The van der Waals surface area contributed by atoms with Gasteiger partial charge in [-0.25, -0.2) is 0 Å². The molecule has 0 saturated carbocycles. The van der Waals surface area contributed by atoms with Gasteiger partial charge in [-0.05, 0) is 69.4 Å². The maximum atomic E-state index is 13.8. The van der Waals surface area contributed by atoms with E-state index in [0.29, 0.717) is 18.7 Å². The van der Waals surface area contributed by atoms with Crippen molar-refractivity contribution in [2.45, 2.75) is 5.92 Å². The van der Waals surface area contributed by atoms with Gasteiger partial charge in [-0.1, -0.05) is 78.9 Å². The molecule has 196 valence electrons. The molecule has 0 unspecified atom stereocenters. The maximum absolute atomic E-state index is 13.8. The molecular formula is C35H29N3O2. The first kappa shape index (κ1) is 24.2. The number of carbonyl (C=O) groups excluding carboxylic acids is 2. The molecule has 5 aromatic carbocycles. The number of piperazine rings is 1. The predicted molar refractivity (Wildman–Crippen MR) is 161 cm³/mol. The molecule has 1 saturated heterocycles. The fraction of sp³-hybridized carbons (Fsp3) is 0.143. The van der Waals surface area contributed by atoms with Crippen molar-refractivity contribution in [1.29, 1.82) is 0 Å². The monoisotopic (exact) mass is 523 g/mol. The molecule has 0 bridgehead atoms. The first-order chi connectivity index (χ1) is 19.7. The van der Waals surface area contributed by atoms with Crippen molar-refractivity contribution in [1.82, 2.24) is 4.90 Å². The molecule has 2 amide bonds. The summed E-state index contributed by atoms with van der Waals surface area (Å²) in [5.41, 5.74) is 7.04. The summed E-state index contributed by atoms with van der Waals surface area (Å²) in [6.07, 6.45) is 0. The number of nitrogens with one attached hydrogen (secondary N) is 1. The number of amides is 2. The van der Waals surface area contributed by atoms with Gasteiger partial charge in [0.25, 0.3) is 5.91 Å². The molecule has 1 fully saturated rings. The number of benzene rings is 5. The van der Waals surface area contributed by atoms with E-state index in [1.807, 2.05) is 95.9 Å². The minimum Gasteiger partial charge on any atom is -0.368 e. The van der Waals surface area contributed by atoms with Gasteiger partial charge in [0.2, 0.25) is 5.91 Å². The first-order valence-corrected chi connectivity index (χ1v) is 13.8. The Balaban J connectivity index is 0.999. The Morgan fingerprint density at radius 2 is 1.23 bits per heavy atom. The highest BCUT2D eigenvalue weighted by molar-refractivity contribution is 6.06. The van der Waals surface area contributed by atoms with Gasteiger partial charge in [-0.3, -0.25) is 9.59 Å². The number of anilines is 2. The topological polar surface area (TPSA) is 52.7 Å². The largest absolute Gasteiger partial charge is 0.368 e. The van der Waals surface area contributed by atoms with E-state index in [0.717, 1.165) is 46.4 Å². The smallest absolute Gasteiger partial charge is 0.255 e. The molecular weight excluding hydrogens is 494 g/mol. The average Bonchev–Trinajstić information content (AvgIpc) is 3.35. The minimum absolute atomic E-state index is 0.124. The van der Waals surface area contributed by atoms with Gasteiger partial charge >= 0.3 is 0 Å². The van der Waals surface area contributed by atoms with Crippen LogP contribution in [0.2, 0.25) is 0 Å². The zero-order valence-corrected chi connectivity index (χ0v) is 22.1. The van der Waals surface area contributed by atoms with Crippen LogP contribution in [0.25, 0.3) is 21.9 Å². The highest BCUT2D eigenvalue weighted by atomic mass is 16.2. The Morgan fingerprint density at radius 3 is 1.90 bits per heavy atom. The van der Waals surface area contributed by atoms with Crippen LogP contribution in [0.4, 0.5) is 11.4 Å². The lowest BCUT2D eigenvalue weighted by Crippen LogP contribution is -2.50. The van der Waals surface area contributed by atoms with Crippen LogP contribution < -0.4 is 10.2 Å². The van der Waals surface area contributed by atoms with E-state index in [4.69, 9.17) is 0 Å². The van der Waals surface area contributed by atoms with Gasteiger partial charge in [-0.15, -0.1) is 0 Å². The lowest BCUT2D eigenvalue weighted by Gasteiger charge is -2.37. The van der Waals surface area contributed by atoms with E-state index in [1.165, 1.54) is 11.1 Å². The van der Waals surface area contributed by atoms with Gasteiger partial charge in [0, 0.05) is 43.1 Å². The SMILES string of the molecule is O=C(Nc1ccc(N2CCN(C(=O)C3c4ccccc4-c4ccccc43)CC2)cc1)c1ccc2ccccc2c1. The third kappa shape index (κ3) is 4.30. The molecule has 0 atom stereocenters. The Kier molecular flexibility index (Phi) is 6.05. The second-order valence-electron chi connectivity index (χ2n) is 10.5. The molecule has 5 nitrogen and oxygen atoms in total. The number of carbonyl (C=O) groups is 2. The normalized spacial score (nSPS) is 14.6. The molecule has 2 aliphatic rings. The fourth-order valence-corrected chi connectivity index (χ4v) is 6.08. The van der Waals surface area contributed by atoms with Gasteiger partial charge in [0.1, 0.15) is 0 Å². The van der Waals surface area contributed by atoms with Gasteiger partial charge in [-0.2, -0.15) is 0 Å². The summed E-state index contributed by atoms with van der Waals surface area (Å²) >= 11 is 0. The molecule has 0 spiro atoms. The van der Waals surface area contributed by atoms with Crippen LogP contribution in [0.3, 0.4) is 0 Å². The summed E-state index contributed by atoms with van der Waals surface area (Å²) in [6.45, 7) is 2.90. The Labute approximate surface area is 233 Å². The van der Waals surface area contributed by atoms with Crippen molar-refractivity contribution in [3.8, 4) is 11.1 Å². The number of fused-ring (bicyclic) bond motifs is 4. The molecule has 1 heterocycles. The Bertz CT molecular complexity index is 1690. The van der Waals surface area contributed by atoms with Gasteiger partial charge < -0.3 is 15.1 Å². The quantitative estimate of drug-likeness (QED) is 0.291. The molecule has 0 radical (unpaired) electrons. The van der Waals surface area contributed by atoms with Crippen LogP contribution >= 0.6 is 0 Å². The highest BCUT2D eigenvalue weighted by Gasteiger charge is 2.36. The number of nitrogens with zero attached hydrogens (tertiary/aromatic N) is 2. The van der Waals surface area contributed by atoms with Gasteiger partial charge in [0.15, 0.2) is 0 Å². The van der Waals surface area contributed by atoms with Crippen molar-refractivity contribution < 1.29 is 9.59 Å². The van der Waals surface area contributed by atoms with Crippen LogP contribution in [-0.4, -0.2) is 42.9 Å². The van der Waals surface area contributed by atoms with E-state index in [1.54, 1.807) is 0 Å². The zero-order valence-electron chi connectivity index (χ0n) is 22.1. The zero-order chi connectivity index (χ0) is 27.1. The second-order valence-corrected chi connectivity index (χ2v) is 10.5. The molecule has 7 rings (SSSR count). The molecule has 1 N–H and O–H groups in total. The number of hydrogen-bond donors (Lipinski definition) is 1. The standard InChI is InChI=1S/C35H29N3O2/c39-34(26-14-13-24-7-1-2-8-25(24)23-26)36-27-15-17-28(18-16-27)37-19-21-38(22-20-37)35(40)33-31-11-5-3-9-29(31)30-10-4-6-12-32(30)33/h1-18,23,33H,19-22H2,(H,36,39). The molecule has 1 aliphatic heterocycles. The van der Waals surface area contributed by atoms with Crippen molar-refractivity contribution in [3.05, 3.63) is 132 Å². The number of hydrogen-bond acceptors (Lipinski definition) is 3. The predicted octanol–water partition coefficient (Wildman–Crippen LogP) is 6.55. The third-order valence-corrected chi connectivity index (χ3v) is 8.17. The van der Waals surface area contributed by atoms with Crippen LogP contribution in [0.15, 0.2) is 115 Å². The second kappa shape index (κ2) is 10.0. The van der Waals surface area contributed by atoms with E-state index in [9.17, 15) is 9.59 Å². The third-order valence-electron chi connectivity index (χ3n) is 8.17. The van der Waals surface area contributed by atoms with E-state index in [-0.39, 0.29) is 17.7 Å². The number of rotatable bonds is 4. The lowest BCUT2D eigenvalue weighted by molar-refractivity contribution is -0.132. The average molecular weight is 524 g/mol. The Hall–Kier alpha value is -4.90. The minimum atomic E-state index is -0.232. The molecule has 5 aromatic rings. The van der Waals surface area contributed by atoms with Crippen LogP contribution in [0.5, 0.6) is 0 Å². The first-order valence-electron chi connectivity index (χ1n) is 13.8. The van der Waals surface area contributed by atoms with Crippen LogP contribution in [0, 0.1) is 0 Å². The molecule has 40 heavy (non-hydrogen) atoms. The summed E-state index contributed by atoms with van der Waals surface area (Å²) in [6, 6.07) is 38.3. The van der Waals surface area contributed by atoms with E-state index < -0.39 is 0 Å². The maximum Gasteiger partial charge on any atom is 0.255 e. The summed E-state index contributed by atoms with van der Waals surface area (Å²) in [5.74, 6) is -0.172. The summed E-state index contributed by atoms with van der Waals surface area (Å²) in [7, 11) is 0. The molecule has 1 aliphatic carbocycles. The highest BCUT2D eigenvalue weighted by Crippen LogP contribution is 2.45. The van der Waals surface area contributed by atoms with E-state index >= 15 is 0 Å². The summed E-state index contributed by atoms with van der Waals surface area (Å²) in [4.78, 5) is 30.9.